The van der Waals surface area contributed by atoms with Crippen LogP contribution in [-0.2, 0) is 19.0 Å². The number of ether oxygens (including phenoxy) is 1. The van der Waals surface area contributed by atoms with E-state index in [0.717, 1.165) is 7.11 Å². The van der Waals surface area contributed by atoms with Gasteiger partial charge in [0.05, 0.1) is 7.11 Å². The molecule has 0 heterocycles. The van der Waals surface area contributed by atoms with Crippen LogP contribution in [-0.4, -0.2) is 27.1 Å². The molecule has 5 heteroatoms. The van der Waals surface area contributed by atoms with Crippen LogP contribution in [0, 0.1) is 0 Å². The van der Waals surface area contributed by atoms with Gasteiger partial charge in [0.25, 0.3) is 0 Å². The Bertz CT molecular complexity index is 95.9. The van der Waals surface area contributed by atoms with Gasteiger partial charge in [-0.15, -0.1) is 0 Å². The summed E-state index contributed by atoms with van der Waals surface area (Å²) in [7, 11) is 5.35. The molecule has 0 atom stereocenters. The molecule has 8 heavy (non-hydrogen) atoms. The van der Waals surface area contributed by atoms with Crippen LogP contribution >= 0.6 is 0 Å². The average molecular weight is 114 g/mol. The molecule has 0 spiro atoms. The molecule has 0 unspecified atom stereocenters. The van der Waals surface area contributed by atoms with Gasteiger partial charge in [0.2, 0.25) is 0 Å². The number of hydrogen-bond donors (Lipinski definition) is 0. The molecule has 4 nitrogen and oxygen atoms in total. The highest BCUT2D eigenvalue weighted by molar-refractivity contribution is 6.33. The molecule has 42 valence electrons. The normalized spacial score (nSPS) is 7.62. The molecule has 0 aliphatic rings. The summed E-state index contributed by atoms with van der Waals surface area (Å²) in [5.74, 6) is -2.31. The maximum absolute atomic E-state index is 9.97. The Labute approximate surface area is 47.2 Å². The summed E-state index contributed by atoms with van der Waals surface area (Å²) in [5.41, 5.74) is 0. The molecule has 2 radical (unpaired) electrons. The van der Waals surface area contributed by atoms with E-state index in [9.17, 15) is 9.59 Å². The van der Waals surface area contributed by atoms with E-state index in [1.54, 1.807) is 0 Å². The monoisotopic (exact) mass is 114 g/mol. The van der Waals surface area contributed by atoms with Gasteiger partial charge in [-0.3, -0.25) is 0 Å². The number of carbonyl (C=O) groups excluding carboxylic acids is 2. The van der Waals surface area contributed by atoms with E-state index in [1.165, 1.54) is 0 Å². The largest absolute Gasteiger partial charge is 0.535 e. The maximum Gasteiger partial charge on any atom is 0.415 e. The minimum Gasteiger partial charge on any atom is -0.535 e. The lowest BCUT2D eigenvalue weighted by atomic mass is 10.5. The van der Waals surface area contributed by atoms with E-state index < -0.39 is 11.9 Å². The highest BCUT2D eigenvalue weighted by Gasteiger charge is 2.11. The summed E-state index contributed by atoms with van der Waals surface area (Å²) in [6, 6.07) is 0. The fourth-order valence-electron chi connectivity index (χ4n) is 0.131. The lowest BCUT2D eigenvalue weighted by Crippen LogP contribution is -2.17. The van der Waals surface area contributed by atoms with Crippen molar-refractivity contribution in [1.29, 1.82) is 0 Å². The zero-order valence-corrected chi connectivity index (χ0v) is 4.21. The van der Waals surface area contributed by atoms with Gasteiger partial charge in [-0.05, 0) is 0 Å². The molecule has 0 aromatic heterocycles. The van der Waals surface area contributed by atoms with Gasteiger partial charge in [-0.1, -0.05) is 0 Å². The molecule has 0 amide bonds. The summed E-state index contributed by atoms with van der Waals surface area (Å²) >= 11 is 0. The van der Waals surface area contributed by atoms with E-state index in [4.69, 9.17) is 0 Å². The van der Waals surface area contributed by atoms with Crippen LogP contribution in [0.1, 0.15) is 0 Å². The molecule has 0 saturated heterocycles. The fraction of sp³-hybridized carbons (Fsp3) is 0.333. The van der Waals surface area contributed by atoms with Crippen LogP contribution in [0.3, 0.4) is 0 Å². The van der Waals surface area contributed by atoms with Gasteiger partial charge in [0.1, 0.15) is 0 Å². The third kappa shape index (κ3) is 1.64. The van der Waals surface area contributed by atoms with Crippen molar-refractivity contribution in [2.75, 3.05) is 7.11 Å². The molecule has 0 aliphatic carbocycles. The second kappa shape index (κ2) is 3.07. The second-order valence-electron chi connectivity index (χ2n) is 0.897. The van der Waals surface area contributed by atoms with Crippen LogP contribution in [0.5, 0.6) is 0 Å². The van der Waals surface area contributed by atoms with Crippen LogP contribution in [0.2, 0.25) is 0 Å². The summed E-state index contributed by atoms with van der Waals surface area (Å²) < 4.78 is 7.40. The van der Waals surface area contributed by atoms with Crippen molar-refractivity contribution >= 4 is 20.0 Å². The van der Waals surface area contributed by atoms with Gasteiger partial charge in [0, 0.05) is 0 Å². The Kier molecular flexibility index (Phi) is 2.68. The van der Waals surface area contributed by atoms with E-state index in [2.05, 4.69) is 17.4 Å². The average Bonchev–Trinajstić information content (AvgIpc) is 1.84. The minimum atomic E-state index is -1.20. The lowest BCUT2D eigenvalue weighted by Gasteiger charge is -1.93. The molecule has 0 fully saturated rings. The highest BCUT2D eigenvalue weighted by atomic mass is 16.6. The Morgan fingerprint density at radius 3 is 2.00 bits per heavy atom. The molecular formula is C3H3BO4. The summed E-state index contributed by atoms with van der Waals surface area (Å²) in [6.07, 6.45) is 0. The summed E-state index contributed by atoms with van der Waals surface area (Å²) in [4.78, 5) is 19.9. The van der Waals surface area contributed by atoms with Gasteiger partial charge in [0.15, 0.2) is 0 Å². The van der Waals surface area contributed by atoms with Crippen LogP contribution in [0.25, 0.3) is 0 Å². The zero-order chi connectivity index (χ0) is 6.57. The first-order valence-electron chi connectivity index (χ1n) is 1.71. The number of esters is 1. The molecule has 0 aromatic rings. The van der Waals surface area contributed by atoms with E-state index in [1.807, 2.05) is 0 Å². The van der Waals surface area contributed by atoms with Gasteiger partial charge < -0.3 is 9.39 Å². The third-order valence-electron chi connectivity index (χ3n) is 0.459. The first-order valence-corrected chi connectivity index (χ1v) is 1.71. The van der Waals surface area contributed by atoms with Crippen LogP contribution in [0.15, 0.2) is 0 Å². The first kappa shape index (κ1) is 7.00. The Morgan fingerprint density at radius 2 is 1.88 bits per heavy atom. The van der Waals surface area contributed by atoms with E-state index >= 15 is 0 Å². The zero-order valence-electron chi connectivity index (χ0n) is 4.21. The predicted octanol–water partition coefficient (Wildman–Crippen LogP) is -1.21. The molecule has 0 saturated carbocycles. The van der Waals surface area contributed by atoms with Crippen molar-refractivity contribution in [2.24, 2.45) is 0 Å². The fourth-order valence-corrected chi connectivity index (χ4v) is 0.131. The second-order valence-corrected chi connectivity index (χ2v) is 0.897. The van der Waals surface area contributed by atoms with Crippen molar-refractivity contribution in [2.45, 2.75) is 0 Å². The Hall–Kier alpha value is -0.995. The number of methoxy groups -OCH3 is 1. The maximum atomic E-state index is 9.97. The van der Waals surface area contributed by atoms with Gasteiger partial charge >= 0.3 is 20.0 Å². The minimum absolute atomic E-state index is 1.05. The molecule has 0 aliphatic heterocycles. The van der Waals surface area contributed by atoms with Gasteiger partial charge in [-0.2, -0.15) is 0 Å². The standard InChI is InChI=1S/C3H3BO4/c1-7-2(5)3(6)8-4/h1H3. The smallest absolute Gasteiger partial charge is 0.415 e. The van der Waals surface area contributed by atoms with Crippen molar-refractivity contribution < 1.29 is 19.0 Å². The van der Waals surface area contributed by atoms with Crippen molar-refractivity contribution in [3.63, 3.8) is 0 Å². The van der Waals surface area contributed by atoms with Gasteiger partial charge in [-0.25, -0.2) is 9.59 Å². The predicted molar refractivity (Wildman–Crippen MR) is 23.9 cm³/mol. The highest BCUT2D eigenvalue weighted by Crippen LogP contribution is 1.75. The van der Waals surface area contributed by atoms with Crippen molar-refractivity contribution in [3.05, 3.63) is 0 Å². The topological polar surface area (TPSA) is 52.6 Å². The SMILES string of the molecule is [B]OC(=O)C(=O)OC. The number of carbonyl (C=O) groups is 2. The van der Waals surface area contributed by atoms with Crippen molar-refractivity contribution in [3.8, 4) is 0 Å². The molecule has 0 bridgehead atoms. The van der Waals surface area contributed by atoms with E-state index in [0.29, 0.717) is 0 Å². The third-order valence-corrected chi connectivity index (χ3v) is 0.459. The molecule has 0 rings (SSSR count). The molecule has 0 aromatic carbocycles. The molecule has 0 N–H and O–H groups in total. The van der Waals surface area contributed by atoms with E-state index in [-0.39, 0.29) is 0 Å². The quantitative estimate of drug-likeness (QED) is 0.225. The van der Waals surface area contributed by atoms with Crippen LogP contribution in [0.4, 0.5) is 0 Å². The molecular weight excluding hydrogens is 111 g/mol. The van der Waals surface area contributed by atoms with Crippen LogP contribution < -0.4 is 0 Å². The Balaban J connectivity index is 3.64. The first-order chi connectivity index (χ1) is 3.72. The summed E-state index contributed by atoms with van der Waals surface area (Å²) in [5, 5.41) is 0. The number of rotatable bonds is 0. The lowest BCUT2D eigenvalue weighted by molar-refractivity contribution is -0.160. The summed E-state index contributed by atoms with van der Waals surface area (Å²) in [6.45, 7) is 0. The van der Waals surface area contributed by atoms with Crippen molar-refractivity contribution in [1.82, 2.24) is 0 Å². The number of hydrogen-bond acceptors (Lipinski definition) is 4. The Morgan fingerprint density at radius 1 is 1.38 bits per heavy atom.